The molecule has 0 amide bonds. The first-order valence-electron chi connectivity index (χ1n) is 3.10. The third-order valence-electron chi connectivity index (χ3n) is 1.01. The fourth-order valence-corrected chi connectivity index (χ4v) is 1.30. The Hall–Kier alpha value is -0.550. The Morgan fingerprint density at radius 2 is 2.00 bits per heavy atom. The van der Waals surface area contributed by atoms with Gasteiger partial charge in [-0.2, -0.15) is 0 Å². The summed E-state index contributed by atoms with van der Waals surface area (Å²) in [5.74, 6) is 0. The summed E-state index contributed by atoms with van der Waals surface area (Å²) in [6.45, 7) is 11.6. The zero-order valence-electron chi connectivity index (χ0n) is 6.59. The van der Waals surface area contributed by atoms with E-state index >= 15 is 0 Å². The van der Waals surface area contributed by atoms with Crippen molar-refractivity contribution in [1.29, 1.82) is 0 Å². The van der Waals surface area contributed by atoms with Crippen molar-refractivity contribution in [2.45, 2.75) is 0 Å². The minimum Gasteiger partial charge on any atom is -0.362 e. The first-order valence-corrected chi connectivity index (χ1v) is 5.33. The van der Waals surface area contributed by atoms with Gasteiger partial charge >= 0.3 is 0 Å². The zero-order valence-corrected chi connectivity index (χ0v) is 7.49. The molecule has 0 spiro atoms. The topological polar surface area (TPSA) is 12.0 Å². The van der Waals surface area contributed by atoms with Crippen molar-refractivity contribution in [3.63, 3.8) is 0 Å². The number of allylic oxidation sites excluding steroid dienone is 2. The minimum atomic E-state index is -0.0682. The molecule has 56 valence electrons. The molecule has 0 aromatic heterocycles. The van der Waals surface area contributed by atoms with Gasteiger partial charge in [-0.3, -0.25) is 0 Å². The Morgan fingerprint density at radius 1 is 1.40 bits per heavy atom. The van der Waals surface area contributed by atoms with Crippen LogP contribution in [-0.4, -0.2) is 13.3 Å². The third kappa shape index (κ3) is 3.47. The lowest BCUT2D eigenvalue weighted by Crippen LogP contribution is -2.00. The van der Waals surface area contributed by atoms with Crippen LogP contribution in [0.1, 0.15) is 0 Å². The molecule has 0 aliphatic heterocycles. The highest BCUT2D eigenvalue weighted by molar-refractivity contribution is 7.60. The van der Waals surface area contributed by atoms with Gasteiger partial charge in [0.05, 0.1) is 0 Å². The molecule has 0 rings (SSSR count). The molecule has 0 aromatic rings. The van der Waals surface area contributed by atoms with E-state index in [4.69, 9.17) is 0 Å². The lowest BCUT2D eigenvalue weighted by atomic mass is 10.6. The zero-order chi connectivity index (χ0) is 7.98. The fourth-order valence-electron chi connectivity index (χ4n) is 0.542. The van der Waals surface area contributed by atoms with Crippen LogP contribution in [0.25, 0.3) is 0 Å². The summed E-state index contributed by atoms with van der Waals surface area (Å²) in [5.41, 5.74) is 1.21. The van der Waals surface area contributed by atoms with E-state index in [2.05, 4.69) is 31.8 Å². The average Bonchev–Trinajstić information content (AvgIpc) is 1.87. The van der Waals surface area contributed by atoms with Crippen LogP contribution in [0.3, 0.4) is 0 Å². The van der Waals surface area contributed by atoms with Crippen LogP contribution in [0.15, 0.2) is 36.9 Å². The van der Waals surface area contributed by atoms with Crippen molar-refractivity contribution in [2.24, 2.45) is 0 Å². The molecule has 0 unspecified atom stereocenters. The molecule has 1 N–H and O–H groups in total. The summed E-state index contributed by atoms with van der Waals surface area (Å²) in [5, 5.41) is 3.07. The number of rotatable bonds is 4. The lowest BCUT2D eigenvalue weighted by molar-refractivity contribution is 1.17. The first-order chi connectivity index (χ1) is 4.72. The molecule has 0 heterocycles. The standard InChI is InChI=1S/C8H14NP/c1-5-7-8(9-6-2)10(3)4/h5-7,9H,1-2H2,3-4H3/b8-7+. The van der Waals surface area contributed by atoms with Gasteiger partial charge in [0.1, 0.15) is 0 Å². The first kappa shape index (κ1) is 9.45. The van der Waals surface area contributed by atoms with Crippen LogP contribution < -0.4 is 5.32 Å². The molecule has 1 nitrogen and oxygen atoms in total. The summed E-state index contributed by atoms with van der Waals surface area (Å²) < 4.78 is 0. The molecular weight excluding hydrogens is 141 g/mol. The summed E-state index contributed by atoms with van der Waals surface area (Å²) in [6.07, 6.45) is 5.46. The van der Waals surface area contributed by atoms with Crippen LogP contribution in [-0.2, 0) is 0 Å². The van der Waals surface area contributed by atoms with Gasteiger partial charge in [0.25, 0.3) is 0 Å². The monoisotopic (exact) mass is 155 g/mol. The van der Waals surface area contributed by atoms with E-state index in [1.54, 1.807) is 12.3 Å². The summed E-state index contributed by atoms with van der Waals surface area (Å²) in [4.78, 5) is 0. The van der Waals surface area contributed by atoms with Crippen molar-refractivity contribution in [3.8, 4) is 0 Å². The molecule has 0 aliphatic carbocycles. The van der Waals surface area contributed by atoms with Gasteiger partial charge in [-0.05, 0) is 25.6 Å². The molecule has 0 aromatic carbocycles. The van der Waals surface area contributed by atoms with Crippen molar-refractivity contribution in [3.05, 3.63) is 36.9 Å². The highest BCUT2D eigenvalue weighted by Gasteiger charge is 1.96. The van der Waals surface area contributed by atoms with Gasteiger partial charge < -0.3 is 5.32 Å². The maximum atomic E-state index is 3.62. The Kier molecular flexibility index (Phi) is 4.96. The van der Waals surface area contributed by atoms with Crippen LogP contribution in [0.4, 0.5) is 0 Å². The maximum absolute atomic E-state index is 3.62. The van der Waals surface area contributed by atoms with E-state index in [-0.39, 0.29) is 7.92 Å². The number of hydrogen-bond acceptors (Lipinski definition) is 1. The van der Waals surface area contributed by atoms with E-state index in [1.807, 2.05) is 6.08 Å². The maximum Gasteiger partial charge on any atom is 0.0377 e. The summed E-state index contributed by atoms with van der Waals surface area (Å²) in [6, 6.07) is 0. The van der Waals surface area contributed by atoms with E-state index in [0.29, 0.717) is 0 Å². The Labute approximate surface area is 64.3 Å². The second-order valence-electron chi connectivity index (χ2n) is 2.03. The average molecular weight is 155 g/mol. The van der Waals surface area contributed by atoms with Crippen LogP contribution in [0, 0.1) is 0 Å². The van der Waals surface area contributed by atoms with Crippen molar-refractivity contribution in [1.82, 2.24) is 5.32 Å². The molecule has 0 saturated heterocycles. The van der Waals surface area contributed by atoms with E-state index in [9.17, 15) is 0 Å². The molecular formula is C8H14NP. The lowest BCUT2D eigenvalue weighted by Gasteiger charge is -2.09. The highest BCUT2D eigenvalue weighted by atomic mass is 31.1. The van der Waals surface area contributed by atoms with Gasteiger partial charge in [-0.1, -0.05) is 27.2 Å². The largest absolute Gasteiger partial charge is 0.362 e. The van der Waals surface area contributed by atoms with Crippen LogP contribution >= 0.6 is 7.92 Å². The molecule has 0 saturated carbocycles. The van der Waals surface area contributed by atoms with Crippen molar-refractivity contribution >= 4 is 7.92 Å². The normalized spacial score (nSPS) is 11.3. The smallest absolute Gasteiger partial charge is 0.0377 e. The molecule has 0 fully saturated rings. The SMILES string of the molecule is C=C/C=C(\NC=C)P(C)C. The number of nitrogens with one attached hydrogen (secondary N) is 1. The third-order valence-corrected chi connectivity index (χ3v) is 2.25. The minimum absolute atomic E-state index is 0.0682. The van der Waals surface area contributed by atoms with E-state index in [1.165, 1.54) is 5.44 Å². The second-order valence-corrected chi connectivity index (χ2v) is 4.30. The summed E-state index contributed by atoms with van der Waals surface area (Å²) >= 11 is 0. The summed E-state index contributed by atoms with van der Waals surface area (Å²) in [7, 11) is -0.0682. The Balaban J connectivity index is 4.09. The predicted octanol–water partition coefficient (Wildman–Crippen LogP) is 2.49. The Bertz CT molecular complexity index is 147. The van der Waals surface area contributed by atoms with Crippen LogP contribution in [0.5, 0.6) is 0 Å². The highest BCUT2D eigenvalue weighted by Crippen LogP contribution is 2.33. The molecule has 0 bridgehead atoms. The molecule has 0 atom stereocenters. The molecule has 2 heteroatoms. The van der Waals surface area contributed by atoms with E-state index in [0.717, 1.165) is 0 Å². The van der Waals surface area contributed by atoms with Gasteiger partial charge in [0.2, 0.25) is 0 Å². The van der Waals surface area contributed by atoms with Gasteiger partial charge in [0, 0.05) is 5.44 Å². The second kappa shape index (κ2) is 5.25. The van der Waals surface area contributed by atoms with Crippen LogP contribution in [0.2, 0.25) is 0 Å². The Morgan fingerprint density at radius 3 is 2.30 bits per heavy atom. The fraction of sp³-hybridized carbons (Fsp3) is 0.250. The van der Waals surface area contributed by atoms with E-state index < -0.39 is 0 Å². The number of hydrogen-bond donors (Lipinski definition) is 1. The van der Waals surface area contributed by atoms with Crippen molar-refractivity contribution < 1.29 is 0 Å². The molecule has 10 heavy (non-hydrogen) atoms. The van der Waals surface area contributed by atoms with Crippen molar-refractivity contribution in [2.75, 3.05) is 13.3 Å². The molecule has 0 radical (unpaired) electrons. The predicted molar refractivity (Wildman–Crippen MR) is 50.4 cm³/mol. The molecule has 0 aliphatic rings. The quantitative estimate of drug-likeness (QED) is 0.485. The van der Waals surface area contributed by atoms with Gasteiger partial charge in [-0.15, -0.1) is 0 Å². The van der Waals surface area contributed by atoms with Gasteiger partial charge in [0.15, 0.2) is 0 Å². The van der Waals surface area contributed by atoms with Gasteiger partial charge in [-0.25, -0.2) is 0 Å².